The number of benzene rings is 2. The fourth-order valence-corrected chi connectivity index (χ4v) is 5.62. The van der Waals surface area contributed by atoms with Crippen molar-refractivity contribution in [2.24, 2.45) is 5.92 Å². The predicted molar refractivity (Wildman–Crippen MR) is 138 cm³/mol. The standard InChI is InChI=1S/C30H33F3N2O3/c1-21-26(27(37)24-15-9-4-10-16-24)29(30(31,32)33,34-25(36)18-17-22-11-5-2-6-12-22)28(38)35(21)20-19-23-13-7-3-8-14-23/h3-4,7-10,13-16,22H,2,5-6,11-12,17-20H2,1H3,(H,34,36)/t29-/m1/s1. The Morgan fingerprint density at radius 3 is 2.18 bits per heavy atom. The van der Waals surface area contributed by atoms with E-state index in [1.807, 2.05) is 23.5 Å². The van der Waals surface area contributed by atoms with Gasteiger partial charge in [-0.1, -0.05) is 92.8 Å². The smallest absolute Gasteiger partial charge is 0.330 e. The van der Waals surface area contributed by atoms with Crippen LogP contribution in [0, 0.1) is 5.92 Å². The molecule has 0 bridgehead atoms. The van der Waals surface area contributed by atoms with E-state index in [1.54, 1.807) is 30.3 Å². The van der Waals surface area contributed by atoms with Crippen LogP contribution in [0.5, 0.6) is 0 Å². The lowest BCUT2D eigenvalue weighted by atomic mass is 9.83. The van der Waals surface area contributed by atoms with Gasteiger partial charge in [0, 0.05) is 24.2 Å². The van der Waals surface area contributed by atoms with Crippen molar-refractivity contribution in [1.82, 2.24) is 10.2 Å². The zero-order valence-corrected chi connectivity index (χ0v) is 21.5. The van der Waals surface area contributed by atoms with E-state index >= 15 is 13.2 Å². The second-order valence-electron chi connectivity index (χ2n) is 10.2. The average Bonchev–Trinajstić information content (AvgIpc) is 3.13. The molecule has 2 aliphatic rings. The first-order valence-corrected chi connectivity index (χ1v) is 13.2. The van der Waals surface area contributed by atoms with Crippen LogP contribution in [-0.2, 0) is 16.0 Å². The molecule has 1 saturated carbocycles. The van der Waals surface area contributed by atoms with Gasteiger partial charge in [0.15, 0.2) is 5.78 Å². The molecule has 0 radical (unpaired) electrons. The predicted octanol–water partition coefficient (Wildman–Crippen LogP) is 6.01. The normalized spacial score (nSPS) is 20.6. The molecule has 4 rings (SSSR count). The molecular weight excluding hydrogens is 493 g/mol. The van der Waals surface area contributed by atoms with E-state index < -0.39 is 34.9 Å². The molecule has 0 saturated heterocycles. The highest BCUT2D eigenvalue weighted by Gasteiger charge is 2.70. The Bertz CT molecular complexity index is 1190. The van der Waals surface area contributed by atoms with Crippen molar-refractivity contribution >= 4 is 17.6 Å². The van der Waals surface area contributed by atoms with Crippen molar-refractivity contribution in [2.45, 2.75) is 70.0 Å². The molecule has 0 spiro atoms. The second kappa shape index (κ2) is 11.5. The number of Topliss-reactive ketones (excluding diaryl/α,β-unsaturated/α-hetero) is 1. The number of amides is 2. The maximum Gasteiger partial charge on any atom is 0.425 e. The van der Waals surface area contributed by atoms with E-state index in [1.165, 1.54) is 19.1 Å². The van der Waals surface area contributed by atoms with Gasteiger partial charge in [-0.15, -0.1) is 0 Å². The Hall–Kier alpha value is -3.42. The summed E-state index contributed by atoms with van der Waals surface area (Å²) in [6.45, 7) is 1.29. The third-order valence-corrected chi connectivity index (χ3v) is 7.69. The highest BCUT2D eigenvalue weighted by atomic mass is 19.4. The van der Waals surface area contributed by atoms with Crippen molar-refractivity contribution < 1.29 is 27.6 Å². The third-order valence-electron chi connectivity index (χ3n) is 7.69. The van der Waals surface area contributed by atoms with Crippen LogP contribution in [0.15, 0.2) is 71.9 Å². The molecule has 2 aromatic carbocycles. The van der Waals surface area contributed by atoms with Crippen LogP contribution in [0.25, 0.3) is 0 Å². The maximum absolute atomic E-state index is 15.0. The van der Waals surface area contributed by atoms with Crippen LogP contribution < -0.4 is 5.32 Å². The quantitative estimate of drug-likeness (QED) is 0.407. The third kappa shape index (κ3) is 5.54. The minimum Gasteiger partial charge on any atom is -0.330 e. The number of hydrogen-bond acceptors (Lipinski definition) is 3. The molecule has 1 N–H and O–H groups in total. The summed E-state index contributed by atoms with van der Waals surface area (Å²) in [5.74, 6) is -2.87. The van der Waals surface area contributed by atoms with Gasteiger partial charge in [-0.05, 0) is 31.2 Å². The monoisotopic (exact) mass is 526 g/mol. The number of rotatable bonds is 9. The molecule has 0 unspecified atom stereocenters. The van der Waals surface area contributed by atoms with Crippen molar-refractivity contribution in [2.75, 3.05) is 6.54 Å². The van der Waals surface area contributed by atoms with Crippen LogP contribution in [0.2, 0.25) is 0 Å². The van der Waals surface area contributed by atoms with Gasteiger partial charge in [0.1, 0.15) is 0 Å². The van der Waals surface area contributed by atoms with Gasteiger partial charge >= 0.3 is 6.18 Å². The number of allylic oxidation sites excluding steroid dienone is 1. The van der Waals surface area contributed by atoms with Crippen LogP contribution in [0.3, 0.4) is 0 Å². The summed E-state index contributed by atoms with van der Waals surface area (Å²) >= 11 is 0. The molecule has 0 aromatic heterocycles. The van der Waals surface area contributed by atoms with E-state index in [0.717, 1.165) is 42.6 Å². The van der Waals surface area contributed by atoms with E-state index in [9.17, 15) is 14.4 Å². The van der Waals surface area contributed by atoms with Crippen LogP contribution in [0.1, 0.15) is 67.8 Å². The van der Waals surface area contributed by atoms with Crippen LogP contribution in [-0.4, -0.2) is 40.8 Å². The molecule has 1 heterocycles. The summed E-state index contributed by atoms with van der Waals surface area (Å²) in [5, 5.41) is 2.05. The Kier molecular flexibility index (Phi) is 8.38. The number of carbonyl (C=O) groups excluding carboxylic acids is 3. The van der Waals surface area contributed by atoms with Crippen molar-refractivity contribution in [1.29, 1.82) is 0 Å². The van der Waals surface area contributed by atoms with Gasteiger partial charge in [0.2, 0.25) is 11.4 Å². The van der Waals surface area contributed by atoms with Crippen LogP contribution >= 0.6 is 0 Å². The summed E-state index contributed by atoms with van der Waals surface area (Å²) in [6, 6.07) is 16.6. The minimum atomic E-state index is -5.23. The topological polar surface area (TPSA) is 66.5 Å². The van der Waals surface area contributed by atoms with Gasteiger partial charge < -0.3 is 10.2 Å². The van der Waals surface area contributed by atoms with Gasteiger partial charge in [-0.2, -0.15) is 13.2 Å². The van der Waals surface area contributed by atoms with Crippen molar-refractivity contribution in [3.05, 3.63) is 83.1 Å². The lowest BCUT2D eigenvalue weighted by Crippen LogP contribution is -2.66. The Labute approximate surface area is 221 Å². The largest absolute Gasteiger partial charge is 0.425 e. The van der Waals surface area contributed by atoms with Gasteiger partial charge in [-0.3, -0.25) is 14.4 Å². The van der Waals surface area contributed by atoms with E-state index in [-0.39, 0.29) is 30.1 Å². The molecule has 8 heteroatoms. The molecule has 1 fully saturated rings. The SMILES string of the molecule is CC1=C(C(=O)c2ccccc2)[C@](NC(=O)CCC2CCCCC2)(C(F)(F)F)C(=O)N1CCc1ccccc1. The molecule has 2 amide bonds. The summed E-state index contributed by atoms with van der Waals surface area (Å²) in [4.78, 5) is 41.3. The average molecular weight is 527 g/mol. The highest BCUT2D eigenvalue weighted by molar-refractivity contribution is 6.19. The maximum atomic E-state index is 15.0. The van der Waals surface area contributed by atoms with E-state index in [0.29, 0.717) is 12.8 Å². The van der Waals surface area contributed by atoms with E-state index in [2.05, 4.69) is 0 Å². The zero-order valence-electron chi connectivity index (χ0n) is 21.5. The first-order chi connectivity index (χ1) is 18.1. The molecule has 1 atom stereocenters. The van der Waals surface area contributed by atoms with Crippen molar-refractivity contribution in [3.8, 4) is 0 Å². The van der Waals surface area contributed by atoms with Gasteiger partial charge in [0.25, 0.3) is 5.91 Å². The van der Waals surface area contributed by atoms with E-state index in [4.69, 9.17) is 0 Å². The minimum absolute atomic E-state index is 0.0182. The molecule has 1 aliphatic carbocycles. The number of alkyl halides is 3. The fourth-order valence-electron chi connectivity index (χ4n) is 5.62. The Morgan fingerprint density at radius 2 is 1.58 bits per heavy atom. The number of hydrogen-bond donors (Lipinski definition) is 1. The first kappa shape index (κ1) is 27.6. The molecule has 5 nitrogen and oxygen atoms in total. The van der Waals surface area contributed by atoms with Gasteiger partial charge in [-0.25, -0.2) is 0 Å². The summed E-state index contributed by atoms with van der Waals surface area (Å²) in [6.07, 6.45) is 0.496. The Balaban J connectivity index is 1.69. The number of ketones is 1. The number of nitrogens with zero attached hydrogens (tertiary/aromatic N) is 1. The summed E-state index contributed by atoms with van der Waals surface area (Å²) < 4.78 is 45.0. The zero-order chi connectivity index (χ0) is 27.3. The summed E-state index contributed by atoms with van der Waals surface area (Å²) in [7, 11) is 0. The van der Waals surface area contributed by atoms with Crippen LogP contribution in [0.4, 0.5) is 13.2 Å². The summed E-state index contributed by atoms with van der Waals surface area (Å²) in [5.41, 5.74) is -3.41. The molecule has 2 aromatic rings. The number of carbonyl (C=O) groups is 3. The number of halogens is 3. The molecular formula is C30H33F3N2O3. The number of nitrogens with one attached hydrogen (secondary N) is 1. The van der Waals surface area contributed by atoms with Gasteiger partial charge in [0.05, 0.1) is 5.57 Å². The molecule has 202 valence electrons. The fraction of sp³-hybridized carbons (Fsp3) is 0.433. The lowest BCUT2D eigenvalue weighted by Gasteiger charge is -2.34. The lowest BCUT2D eigenvalue weighted by molar-refractivity contribution is -0.193. The second-order valence-corrected chi connectivity index (χ2v) is 10.2. The first-order valence-electron chi connectivity index (χ1n) is 13.2. The van der Waals surface area contributed by atoms with Crippen molar-refractivity contribution in [3.63, 3.8) is 0 Å². The highest BCUT2D eigenvalue weighted by Crippen LogP contribution is 2.46. The molecule has 1 aliphatic heterocycles. The molecule has 38 heavy (non-hydrogen) atoms. The Morgan fingerprint density at radius 1 is 0.974 bits per heavy atom.